The molecule has 3 N–H and O–H groups in total. The van der Waals surface area contributed by atoms with Gasteiger partial charge in [0.25, 0.3) is 0 Å². The molecular weight excluding hydrogens is 417 g/mol. The highest BCUT2D eigenvalue weighted by Crippen LogP contribution is 2.14. The molecule has 5 nitrogen and oxygen atoms in total. The van der Waals surface area contributed by atoms with E-state index in [1.54, 1.807) is 0 Å². The van der Waals surface area contributed by atoms with E-state index in [2.05, 4.69) is 15.6 Å². The molecule has 1 aromatic carbocycles. The van der Waals surface area contributed by atoms with Crippen LogP contribution in [0, 0.1) is 0 Å². The molecule has 0 aliphatic rings. The molecule has 0 aromatic heterocycles. The second-order valence-corrected chi connectivity index (χ2v) is 5.71. The molecule has 138 valence electrons. The Morgan fingerprint density at radius 3 is 2.50 bits per heavy atom. The Labute approximate surface area is 163 Å². The number of guanidine groups is 1. The minimum absolute atomic E-state index is 0. The van der Waals surface area contributed by atoms with Crippen LogP contribution in [0.5, 0.6) is 0 Å². The summed E-state index contributed by atoms with van der Waals surface area (Å²) < 4.78 is 5.52. The summed E-state index contributed by atoms with van der Waals surface area (Å²) in [5.41, 5.74) is 1.11. The van der Waals surface area contributed by atoms with E-state index in [9.17, 15) is 5.11 Å². The number of hydrogen-bond donors (Lipinski definition) is 3. The molecule has 0 spiro atoms. The molecule has 0 aliphatic carbocycles. The number of halogens is 1. The number of aliphatic imine (C=N–C) groups is 1. The first-order valence-corrected chi connectivity index (χ1v) is 8.47. The fraction of sp³-hybridized carbons (Fsp3) is 0.611. The molecule has 0 amide bonds. The van der Waals surface area contributed by atoms with Crippen molar-refractivity contribution in [3.63, 3.8) is 0 Å². The molecule has 0 saturated heterocycles. The van der Waals surface area contributed by atoms with Gasteiger partial charge in [0.2, 0.25) is 0 Å². The van der Waals surface area contributed by atoms with Crippen molar-refractivity contribution in [2.45, 2.75) is 39.2 Å². The van der Waals surface area contributed by atoms with Gasteiger partial charge in [0, 0.05) is 25.6 Å². The summed E-state index contributed by atoms with van der Waals surface area (Å²) >= 11 is 0. The van der Waals surface area contributed by atoms with Gasteiger partial charge in [0.15, 0.2) is 5.96 Å². The van der Waals surface area contributed by atoms with Gasteiger partial charge < -0.3 is 20.5 Å². The van der Waals surface area contributed by atoms with Crippen molar-refractivity contribution in [2.75, 3.05) is 32.8 Å². The third kappa shape index (κ3) is 10.1. The van der Waals surface area contributed by atoms with E-state index in [0.29, 0.717) is 6.54 Å². The number of hydrogen-bond acceptors (Lipinski definition) is 3. The summed E-state index contributed by atoms with van der Waals surface area (Å²) in [6.07, 6.45) is 1.21. The lowest BCUT2D eigenvalue weighted by molar-refractivity contribution is 0.0776. The summed E-state index contributed by atoms with van der Waals surface area (Å²) in [6, 6.07) is 10.0. The van der Waals surface area contributed by atoms with Crippen LogP contribution in [0.25, 0.3) is 0 Å². The van der Waals surface area contributed by atoms with Gasteiger partial charge in [-0.2, -0.15) is 0 Å². The van der Waals surface area contributed by atoms with Crippen molar-refractivity contribution in [2.24, 2.45) is 4.99 Å². The minimum Gasteiger partial charge on any atom is -0.396 e. The number of aliphatic hydroxyl groups excluding tert-OH is 1. The number of nitrogens with zero attached hydrogens (tertiary/aromatic N) is 1. The van der Waals surface area contributed by atoms with E-state index in [-0.39, 0.29) is 42.6 Å². The number of benzene rings is 1. The van der Waals surface area contributed by atoms with Crippen molar-refractivity contribution >= 4 is 29.9 Å². The van der Waals surface area contributed by atoms with Crippen LogP contribution in [0.15, 0.2) is 35.3 Å². The predicted octanol–water partition coefficient (Wildman–Crippen LogP) is 2.75. The first kappa shape index (κ1) is 23.1. The van der Waals surface area contributed by atoms with Crippen molar-refractivity contribution < 1.29 is 9.84 Å². The van der Waals surface area contributed by atoms with Gasteiger partial charge in [-0.1, -0.05) is 30.3 Å². The third-order valence-electron chi connectivity index (χ3n) is 3.37. The van der Waals surface area contributed by atoms with Gasteiger partial charge in [-0.3, -0.25) is 4.99 Å². The molecule has 24 heavy (non-hydrogen) atoms. The largest absolute Gasteiger partial charge is 0.396 e. The van der Waals surface area contributed by atoms with Crippen LogP contribution >= 0.6 is 24.0 Å². The zero-order chi connectivity index (χ0) is 16.9. The Bertz CT molecular complexity index is 441. The van der Waals surface area contributed by atoms with Gasteiger partial charge in [-0.15, -0.1) is 24.0 Å². The van der Waals surface area contributed by atoms with Gasteiger partial charge in [-0.25, -0.2) is 0 Å². The fourth-order valence-electron chi connectivity index (χ4n) is 2.13. The summed E-state index contributed by atoms with van der Waals surface area (Å²) in [5, 5.41) is 16.1. The van der Waals surface area contributed by atoms with E-state index in [0.717, 1.165) is 37.6 Å². The summed E-state index contributed by atoms with van der Waals surface area (Å²) in [6.45, 7) is 9.13. The van der Waals surface area contributed by atoms with Crippen LogP contribution < -0.4 is 10.6 Å². The first-order valence-electron chi connectivity index (χ1n) is 8.47. The zero-order valence-corrected chi connectivity index (χ0v) is 17.3. The second kappa shape index (κ2) is 14.5. The Morgan fingerprint density at radius 1 is 1.21 bits per heavy atom. The lowest BCUT2D eigenvalue weighted by Gasteiger charge is -2.15. The average Bonchev–Trinajstić information content (AvgIpc) is 2.55. The van der Waals surface area contributed by atoms with Gasteiger partial charge in [0.1, 0.15) is 0 Å². The normalized spacial score (nSPS) is 12.6. The van der Waals surface area contributed by atoms with Crippen LogP contribution in [-0.2, 0) is 4.74 Å². The first-order chi connectivity index (χ1) is 11.2. The Morgan fingerprint density at radius 2 is 1.92 bits per heavy atom. The topological polar surface area (TPSA) is 65.9 Å². The lowest BCUT2D eigenvalue weighted by atomic mass is 10.0. The summed E-state index contributed by atoms with van der Waals surface area (Å²) in [5.74, 6) is 0.808. The van der Waals surface area contributed by atoms with Crippen LogP contribution in [-0.4, -0.2) is 50.0 Å². The van der Waals surface area contributed by atoms with Gasteiger partial charge >= 0.3 is 0 Å². The number of nitrogens with one attached hydrogen (secondary N) is 2. The van der Waals surface area contributed by atoms with Crippen molar-refractivity contribution in [1.82, 2.24) is 10.6 Å². The lowest BCUT2D eigenvalue weighted by Crippen LogP contribution is -2.38. The highest BCUT2D eigenvalue weighted by molar-refractivity contribution is 14.0. The van der Waals surface area contributed by atoms with Crippen molar-refractivity contribution in [3.8, 4) is 0 Å². The standard InChI is InChI=1S/C18H31N3O2.HI/c1-4-19-18(20-11-8-12-23-15(2)3)21-13-17(14-22)16-9-6-5-7-10-16;/h5-7,9-10,15,17,22H,4,8,11-14H2,1-3H3,(H2,19,20,21);1H. The molecular formula is C18H32IN3O2. The molecule has 0 saturated carbocycles. The molecule has 6 heteroatoms. The van der Waals surface area contributed by atoms with Crippen LogP contribution in [0.2, 0.25) is 0 Å². The maximum atomic E-state index is 9.59. The molecule has 0 bridgehead atoms. The van der Waals surface area contributed by atoms with E-state index >= 15 is 0 Å². The van der Waals surface area contributed by atoms with Crippen molar-refractivity contribution in [1.29, 1.82) is 0 Å². The molecule has 1 rings (SSSR count). The maximum Gasteiger partial charge on any atom is 0.191 e. The zero-order valence-electron chi connectivity index (χ0n) is 15.0. The Balaban J connectivity index is 0.00000529. The van der Waals surface area contributed by atoms with Gasteiger partial charge in [0.05, 0.1) is 19.3 Å². The SMILES string of the molecule is CCNC(=NCC(CO)c1ccccc1)NCCCOC(C)C.I. The summed E-state index contributed by atoms with van der Waals surface area (Å²) in [4.78, 5) is 4.59. The molecule has 1 unspecified atom stereocenters. The molecule has 0 fully saturated rings. The Hall–Kier alpha value is -0.860. The highest BCUT2D eigenvalue weighted by atomic mass is 127. The molecule has 0 radical (unpaired) electrons. The maximum absolute atomic E-state index is 9.59. The number of ether oxygens (including phenoxy) is 1. The Kier molecular flexibility index (Phi) is 14.0. The van der Waals surface area contributed by atoms with Crippen LogP contribution in [0.3, 0.4) is 0 Å². The molecule has 0 aliphatic heterocycles. The van der Waals surface area contributed by atoms with E-state index in [1.807, 2.05) is 51.1 Å². The fourth-order valence-corrected chi connectivity index (χ4v) is 2.13. The smallest absolute Gasteiger partial charge is 0.191 e. The minimum atomic E-state index is 0. The molecule has 1 atom stereocenters. The molecule has 1 aromatic rings. The second-order valence-electron chi connectivity index (χ2n) is 5.71. The van der Waals surface area contributed by atoms with Crippen LogP contribution in [0.1, 0.15) is 38.7 Å². The predicted molar refractivity (Wildman–Crippen MR) is 111 cm³/mol. The number of rotatable bonds is 10. The monoisotopic (exact) mass is 449 g/mol. The highest BCUT2D eigenvalue weighted by Gasteiger charge is 2.09. The van der Waals surface area contributed by atoms with Gasteiger partial charge in [-0.05, 0) is 32.8 Å². The summed E-state index contributed by atoms with van der Waals surface area (Å²) in [7, 11) is 0. The third-order valence-corrected chi connectivity index (χ3v) is 3.37. The quantitative estimate of drug-likeness (QED) is 0.223. The average molecular weight is 449 g/mol. The number of aliphatic hydroxyl groups is 1. The van der Waals surface area contributed by atoms with Crippen LogP contribution in [0.4, 0.5) is 0 Å². The van der Waals surface area contributed by atoms with E-state index in [4.69, 9.17) is 4.74 Å². The van der Waals surface area contributed by atoms with E-state index < -0.39 is 0 Å². The molecule has 0 heterocycles. The van der Waals surface area contributed by atoms with Crippen molar-refractivity contribution in [3.05, 3.63) is 35.9 Å². The van der Waals surface area contributed by atoms with E-state index in [1.165, 1.54) is 0 Å².